The van der Waals surface area contributed by atoms with Gasteiger partial charge >= 0.3 is 5.97 Å². The molecule has 0 aliphatic carbocycles. The van der Waals surface area contributed by atoms with Gasteiger partial charge in [0.15, 0.2) is 0 Å². The number of hydrogen-bond acceptors (Lipinski definition) is 5. The Kier molecular flexibility index (Phi) is 6.15. The highest BCUT2D eigenvalue weighted by Gasteiger charge is 2.48. The molecule has 1 N–H and O–H groups in total. The third kappa shape index (κ3) is 4.42. The van der Waals surface area contributed by atoms with E-state index in [9.17, 15) is 4.79 Å². The van der Waals surface area contributed by atoms with Crippen LogP contribution in [0.2, 0.25) is 0 Å². The van der Waals surface area contributed by atoms with Crippen molar-refractivity contribution in [1.82, 2.24) is 5.32 Å². The summed E-state index contributed by atoms with van der Waals surface area (Å²) in [6, 6.07) is 8.18. The van der Waals surface area contributed by atoms with E-state index in [1.165, 1.54) is 0 Å². The van der Waals surface area contributed by atoms with Gasteiger partial charge in [0.25, 0.3) is 0 Å². The van der Waals surface area contributed by atoms with Gasteiger partial charge in [-0.25, -0.2) is 4.79 Å². The molecule has 0 radical (unpaired) electrons. The summed E-state index contributed by atoms with van der Waals surface area (Å²) in [4.78, 5) is 11.9. The third-order valence-electron chi connectivity index (χ3n) is 5.16. The fraction of sp³-hybridized carbons (Fsp3) is 0.632. The zero-order valence-electron chi connectivity index (χ0n) is 14.7. The van der Waals surface area contributed by atoms with Crippen LogP contribution in [0.1, 0.15) is 38.2 Å². The van der Waals surface area contributed by atoms with E-state index in [0.717, 1.165) is 48.8 Å². The molecule has 0 amide bonds. The van der Waals surface area contributed by atoms with E-state index in [1.807, 2.05) is 12.1 Å². The minimum absolute atomic E-state index is 0.0331. The molecule has 138 valence electrons. The summed E-state index contributed by atoms with van der Waals surface area (Å²) in [6.07, 6.45) is 3.42. The molecule has 1 aromatic carbocycles. The van der Waals surface area contributed by atoms with E-state index in [2.05, 4.69) is 33.4 Å². The predicted octanol–water partition coefficient (Wildman–Crippen LogP) is 3.16. The Morgan fingerprint density at radius 2 is 2.12 bits per heavy atom. The lowest BCUT2D eigenvalue weighted by atomic mass is 9.74. The fourth-order valence-corrected chi connectivity index (χ4v) is 4.32. The van der Waals surface area contributed by atoms with Gasteiger partial charge < -0.3 is 19.5 Å². The molecule has 0 bridgehead atoms. The molecule has 6 heteroatoms. The molecular weight excluding hydrogens is 386 g/mol. The van der Waals surface area contributed by atoms with E-state index in [1.54, 1.807) is 6.92 Å². The summed E-state index contributed by atoms with van der Waals surface area (Å²) in [5.41, 5.74) is 0.388. The molecule has 1 unspecified atom stereocenters. The molecule has 2 saturated heterocycles. The van der Waals surface area contributed by atoms with Crippen LogP contribution in [-0.4, -0.2) is 44.5 Å². The normalized spacial score (nSPS) is 25.7. The van der Waals surface area contributed by atoms with Crippen molar-refractivity contribution in [2.24, 2.45) is 0 Å². The van der Waals surface area contributed by atoms with Crippen LogP contribution >= 0.6 is 15.9 Å². The predicted molar refractivity (Wildman–Crippen MR) is 98.4 cm³/mol. The van der Waals surface area contributed by atoms with Gasteiger partial charge in [-0.1, -0.05) is 28.1 Å². The second-order valence-electron chi connectivity index (χ2n) is 6.81. The van der Waals surface area contributed by atoms with Crippen LogP contribution in [0.15, 0.2) is 28.7 Å². The standard InChI is InChI=1S/C19H26BrNO4/c1-2-23-17(22)13-25-19(15-4-3-5-16(20)12-15)8-11-24-18(14-19)6-9-21-10-7-18/h3-5,12,21H,2,6-11,13-14H2,1H3. The average molecular weight is 412 g/mol. The molecule has 2 fully saturated rings. The Labute approximate surface area is 157 Å². The number of piperidine rings is 1. The van der Waals surface area contributed by atoms with E-state index < -0.39 is 5.60 Å². The number of ether oxygens (including phenoxy) is 3. The summed E-state index contributed by atoms with van der Waals surface area (Å²) in [5.74, 6) is -0.317. The molecule has 2 aliphatic rings. The lowest BCUT2D eigenvalue weighted by Crippen LogP contribution is -2.53. The van der Waals surface area contributed by atoms with Gasteiger partial charge in [0.2, 0.25) is 0 Å². The lowest BCUT2D eigenvalue weighted by Gasteiger charge is -2.49. The maximum absolute atomic E-state index is 11.9. The van der Waals surface area contributed by atoms with Gasteiger partial charge in [0, 0.05) is 17.3 Å². The zero-order valence-corrected chi connectivity index (χ0v) is 16.3. The Balaban J connectivity index is 1.87. The van der Waals surface area contributed by atoms with Crippen molar-refractivity contribution in [3.05, 3.63) is 34.3 Å². The number of carbonyl (C=O) groups is 1. The Bertz CT molecular complexity index is 597. The summed E-state index contributed by atoms with van der Waals surface area (Å²) >= 11 is 3.56. The van der Waals surface area contributed by atoms with Crippen LogP contribution in [0.5, 0.6) is 0 Å². The number of rotatable bonds is 5. The zero-order chi connectivity index (χ0) is 17.8. The van der Waals surface area contributed by atoms with Gasteiger partial charge in [-0.2, -0.15) is 0 Å². The molecule has 2 aliphatic heterocycles. The summed E-state index contributed by atoms with van der Waals surface area (Å²) in [5, 5.41) is 3.40. The van der Waals surface area contributed by atoms with Crippen LogP contribution in [-0.2, 0) is 24.6 Å². The molecule has 1 spiro atoms. The molecule has 2 heterocycles. The van der Waals surface area contributed by atoms with E-state index >= 15 is 0 Å². The second-order valence-corrected chi connectivity index (χ2v) is 7.72. The molecule has 1 aromatic rings. The Morgan fingerprint density at radius 1 is 1.32 bits per heavy atom. The first-order valence-electron chi connectivity index (χ1n) is 8.98. The smallest absolute Gasteiger partial charge is 0.332 e. The van der Waals surface area contributed by atoms with Gasteiger partial charge in [-0.05, 0) is 50.6 Å². The van der Waals surface area contributed by atoms with E-state index in [4.69, 9.17) is 14.2 Å². The Morgan fingerprint density at radius 3 is 2.84 bits per heavy atom. The Hall–Kier alpha value is -0.950. The minimum Gasteiger partial charge on any atom is -0.464 e. The molecule has 25 heavy (non-hydrogen) atoms. The summed E-state index contributed by atoms with van der Waals surface area (Å²) in [6.45, 7) is 4.67. The lowest BCUT2D eigenvalue weighted by molar-refractivity contribution is -0.202. The van der Waals surface area contributed by atoms with Gasteiger partial charge in [-0.15, -0.1) is 0 Å². The maximum atomic E-state index is 11.9. The third-order valence-corrected chi connectivity index (χ3v) is 5.65. The van der Waals surface area contributed by atoms with Crippen molar-refractivity contribution in [2.45, 2.75) is 43.8 Å². The van der Waals surface area contributed by atoms with E-state index in [-0.39, 0.29) is 18.2 Å². The maximum Gasteiger partial charge on any atom is 0.332 e. The van der Waals surface area contributed by atoms with Crippen LogP contribution < -0.4 is 5.32 Å². The number of esters is 1. The van der Waals surface area contributed by atoms with Gasteiger partial charge in [0.1, 0.15) is 6.61 Å². The van der Waals surface area contributed by atoms with Crippen LogP contribution in [0, 0.1) is 0 Å². The first kappa shape index (κ1) is 18.8. The largest absolute Gasteiger partial charge is 0.464 e. The van der Waals surface area contributed by atoms with Crippen molar-refractivity contribution >= 4 is 21.9 Å². The first-order chi connectivity index (χ1) is 12.1. The quantitative estimate of drug-likeness (QED) is 0.754. The van der Waals surface area contributed by atoms with Crippen LogP contribution in [0.3, 0.4) is 0 Å². The van der Waals surface area contributed by atoms with Crippen molar-refractivity contribution in [3.8, 4) is 0 Å². The van der Waals surface area contributed by atoms with E-state index in [0.29, 0.717) is 13.2 Å². The molecule has 1 atom stereocenters. The van der Waals surface area contributed by atoms with Gasteiger partial charge in [0.05, 0.1) is 24.4 Å². The summed E-state index contributed by atoms with van der Waals surface area (Å²) in [7, 11) is 0. The fourth-order valence-electron chi connectivity index (χ4n) is 3.92. The highest BCUT2D eigenvalue weighted by molar-refractivity contribution is 9.10. The highest BCUT2D eigenvalue weighted by atomic mass is 79.9. The number of nitrogens with one attached hydrogen (secondary N) is 1. The first-order valence-corrected chi connectivity index (χ1v) is 9.77. The molecular formula is C19H26BrNO4. The number of benzene rings is 1. The monoisotopic (exact) mass is 411 g/mol. The molecule has 0 saturated carbocycles. The molecule has 5 nitrogen and oxygen atoms in total. The highest BCUT2D eigenvalue weighted by Crippen LogP contribution is 2.46. The van der Waals surface area contributed by atoms with Crippen molar-refractivity contribution in [2.75, 3.05) is 32.9 Å². The van der Waals surface area contributed by atoms with Crippen LogP contribution in [0.25, 0.3) is 0 Å². The van der Waals surface area contributed by atoms with Crippen molar-refractivity contribution < 1.29 is 19.0 Å². The minimum atomic E-state index is -0.522. The van der Waals surface area contributed by atoms with Crippen molar-refractivity contribution in [1.29, 1.82) is 0 Å². The van der Waals surface area contributed by atoms with Gasteiger partial charge in [-0.3, -0.25) is 0 Å². The number of hydrogen-bond donors (Lipinski definition) is 1. The number of carbonyl (C=O) groups excluding carboxylic acids is 1. The second kappa shape index (κ2) is 8.16. The van der Waals surface area contributed by atoms with Crippen molar-refractivity contribution in [3.63, 3.8) is 0 Å². The number of halogens is 1. The molecule has 3 rings (SSSR count). The topological polar surface area (TPSA) is 56.8 Å². The SMILES string of the molecule is CCOC(=O)COC1(c2cccc(Br)c2)CCOC2(CCNCC2)C1. The summed E-state index contributed by atoms with van der Waals surface area (Å²) < 4.78 is 18.5. The average Bonchev–Trinajstić information content (AvgIpc) is 2.61. The molecule has 0 aromatic heterocycles. The van der Waals surface area contributed by atoms with Crippen LogP contribution in [0.4, 0.5) is 0 Å².